The Morgan fingerprint density at radius 2 is 1.13 bits per heavy atom. The van der Waals surface area contributed by atoms with Gasteiger partial charge in [0.25, 0.3) is 0 Å². The van der Waals surface area contributed by atoms with Crippen LogP contribution in [0.2, 0.25) is 6.04 Å². The van der Waals surface area contributed by atoms with E-state index in [9.17, 15) is 19.8 Å². The molecule has 7 nitrogen and oxygen atoms in total. The van der Waals surface area contributed by atoms with Crippen molar-refractivity contribution >= 4 is 20.4 Å². The highest BCUT2D eigenvalue weighted by molar-refractivity contribution is 6.60. The van der Waals surface area contributed by atoms with Crippen molar-refractivity contribution in [2.75, 3.05) is 19.8 Å². The van der Waals surface area contributed by atoms with E-state index < -0.39 is 20.4 Å². The van der Waals surface area contributed by atoms with E-state index in [0.717, 1.165) is 0 Å². The molecule has 0 aliphatic rings. The van der Waals surface area contributed by atoms with E-state index in [4.69, 9.17) is 13.3 Å². The minimum absolute atomic E-state index is 0.0431. The van der Waals surface area contributed by atoms with Gasteiger partial charge in [0.15, 0.2) is 11.6 Å². The van der Waals surface area contributed by atoms with Gasteiger partial charge in [0.2, 0.25) is 0 Å². The van der Waals surface area contributed by atoms with Crippen molar-refractivity contribution < 1.29 is 33.1 Å². The highest BCUT2D eigenvalue weighted by Gasteiger charge is 2.42. The van der Waals surface area contributed by atoms with Crippen LogP contribution in [0, 0.1) is 5.92 Å². The fraction of sp³-hybridized carbons (Fsp3) is 0.333. The number of phenolic OH excluding ortho intramolecular Hbond substituents is 2. The highest BCUT2D eigenvalue weighted by Crippen LogP contribution is 2.39. The molecule has 0 aliphatic carbocycles. The number of aromatic hydroxyl groups is 2. The Balaban J connectivity index is 2.08. The molecule has 3 aromatic carbocycles. The zero-order chi connectivity index (χ0) is 27.7. The van der Waals surface area contributed by atoms with Crippen LogP contribution < -0.4 is 0 Å². The summed E-state index contributed by atoms with van der Waals surface area (Å²) >= 11 is 0. The molecule has 0 amide bonds. The second-order valence-corrected chi connectivity index (χ2v) is 11.7. The lowest BCUT2D eigenvalue weighted by Crippen LogP contribution is -2.47. The van der Waals surface area contributed by atoms with Gasteiger partial charge in [0, 0.05) is 42.6 Å². The zero-order valence-electron chi connectivity index (χ0n) is 22.4. The highest BCUT2D eigenvalue weighted by atomic mass is 28.4. The first-order valence-electron chi connectivity index (χ1n) is 13.0. The Bertz CT molecular complexity index is 1140. The minimum Gasteiger partial charge on any atom is -0.507 e. The van der Waals surface area contributed by atoms with E-state index in [1.54, 1.807) is 60.7 Å². The van der Waals surface area contributed by atoms with Gasteiger partial charge in [-0.1, -0.05) is 67.6 Å². The number of hydrogen-bond donors (Lipinski definition) is 2. The van der Waals surface area contributed by atoms with Gasteiger partial charge in [0.05, 0.1) is 11.1 Å². The number of hydrogen-bond acceptors (Lipinski definition) is 7. The molecule has 0 heterocycles. The van der Waals surface area contributed by atoms with Gasteiger partial charge < -0.3 is 23.5 Å². The number of rotatable bonds is 14. The quantitative estimate of drug-likeness (QED) is 0.199. The number of ketones is 2. The van der Waals surface area contributed by atoms with Gasteiger partial charge in [0.1, 0.15) is 11.5 Å². The summed E-state index contributed by atoms with van der Waals surface area (Å²) in [7, 11) is -3.02. The predicted octanol–water partition coefficient (Wildman–Crippen LogP) is 5.79. The predicted molar refractivity (Wildman–Crippen MR) is 148 cm³/mol. The van der Waals surface area contributed by atoms with Crippen molar-refractivity contribution in [2.45, 2.75) is 40.2 Å². The molecule has 0 aromatic heterocycles. The Kier molecular flexibility index (Phi) is 10.4. The topological polar surface area (TPSA) is 102 Å². The van der Waals surface area contributed by atoms with Gasteiger partial charge in [-0.15, -0.1) is 0 Å². The molecule has 1 atom stereocenters. The second kappa shape index (κ2) is 13.5. The third-order valence-electron chi connectivity index (χ3n) is 6.18. The lowest BCUT2D eigenvalue weighted by molar-refractivity contribution is 0.0675. The average molecular weight is 537 g/mol. The van der Waals surface area contributed by atoms with Crippen LogP contribution in [0.1, 0.15) is 65.1 Å². The molecule has 0 aliphatic heterocycles. The normalized spacial score (nSPS) is 12.3. The van der Waals surface area contributed by atoms with Crippen LogP contribution >= 0.6 is 0 Å². The molecule has 202 valence electrons. The summed E-state index contributed by atoms with van der Waals surface area (Å²) in [5, 5.41) is 22.5. The lowest BCUT2D eigenvalue weighted by Gasteiger charge is -2.31. The summed E-state index contributed by atoms with van der Waals surface area (Å²) in [4.78, 5) is 26.8. The number of carbonyl (C=O) groups excluding carboxylic acids is 2. The second-order valence-electron chi connectivity index (χ2n) is 9.03. The zero-order valence-corrected chi connectivity index (χ0v) is 23.4. The molecule has 0 fully saturated rings. The first-order chi connectivity index (χ1) is 18.3. The van der Waals surface area contributed by atoms with Crippen LogP contribution in [0.5, 0.6) is 11.5 Å². The standard InChI is InChI=1S/C30H36O7Si/c1-5-35-38(36-6-2,37-7-3)20-21(4)18-24-29(33)25(27(31)22-14-10-8-11-15-22)19-26(30(24)34)28(32)23-16-12-9-13-17-23/h8-17,19,21,33-34H,5-7,18,20H2,1-4H3. The first-order valence-corrected chi connectivity index (χ1v) is 14.9. The van der Waals surface area contributed by atoms with E-state index in [0.29, 0.717) is 37.0 Å². The molecule has 0 radical (unpaired) electrons. The Morgan fingerprint density at radius 1 is 0.737 bits per heavy atom. The Hall–Kier alpha value is -3.30. The fourth-order valence-corrected chi connectivity index (χ4v) is 7.48. The van der Waals surface area contributed by atoms with Crippen molar-refractivity contribution in [1.82, 2.24) is 0 Å². The summed E-state index contributed by atoms with van der Waals surface area (Å²) in [6, 6.07) is 18.8. The van der Waals surface area contributed by atoms with Crippen molar-refractivity contribution in [3.05, 3.63) is 94.5 Å². The molecule has 8 heteroatoms. The first kappa shape index (κ1) is 29.3. The lowest BCUT2D eigenvalue weighted by atomic mass is 9.89. The van der Waals surface area contributed by atoms with Crippen molar-refractivity contribution in [2.24, 2.45) is 5.92 Å². The number of carbonyl (C=O) groups is 2. The Labute approximate surface area is 225 Å². The van der Waals surface area contributed by atoms with Crippen molar-refractivity contribution in [1.29, 1.82) is 0 Å². The maximum absolute atomic E-state index is 13.4. The Morgan fingerprint density at radius 3 is 1.50 bits per heavy atom. The third-order valence-corrected chi connectivity index (χ3v) is 9.56. The maximum atomic E-state index is 13.4. The van der Waals surface area contributed by atoms with Gasteiger partial charge in [-0.05, 0) is 39.2 Å². The molecule has 0 spiro atoms. The van der Waals surface area contributed by atoms with Gasteiger partial charge >= 0.3 is 8.80 Å². The molecule has 0 bridgehead atoms. The smallest absolute Gasteiger partial charge is 0.501 e. The van der Waals surface area contributed by atoms with Crippen LogP contribution in [0.4, 0.5) is 0 Å². The SMILES string of the molecule is CCO[Si](CC(C)Cc1c(O)c(C(=O)c2ccccc2)cc(C(=O)c2ccccc2)c1O)(OCC)OCC. The van der Waals surface area contributed by atoms with Crippen LogP contribution in [-0.4, -0.2) is 50.4 Å². The molecular weight excluding hydrogens is 500 g/mol. The van der Waals surface area contributed by atoms with Crippen molar-refractivity contribution in [3.8, 4) is 11.5 Å². The molecule has 3 aromatic rings. The minimum atomic E-state index is -3.02. The molecule has 3 rings (SSSR count). The summed E-state index contributed by atoms with van der Waals surface area (Å²) < 4.78 is 17.9. The molecule has 2 N–H and O–H groups in total. The molecule has 0 saturated heterocycles. The van der Waals surface area contributed by atoms with E-state index >= 15 is 0 Å². The number of benzene rings is 3. The van der Waals surface area contributed by atoms with Gasteiger partial charge in [-0.3, -0.25) is 9.59 Å². The number of phenols is 2. The third kappa shape index (κ3) is 6.76. The van der Waals surface area contributed by atoms with Crippen LogP contribution in [0.25, 0.3) is 0 Å². The fourth-order valence-electron chi connectivity index (χ4n) is 4.56. The molecule has 38 heavy (non-hydrogen) atoms. The molecular formula is C30H36O7Si. The van der Waals surface area contributed by atoms with E-state index in [2.05, 4.69) is 0 Å². The summed E-state index contributed by atoms with van der Waals surface area (Å²) in [5.74, 6) is -1.75. The molecule has 0 saturated carbocycles. The average Bonchev–Trinajstić information content (AvgIpc) is 2.92. The van der Waals surface area contributed by atoms with Crippen LogP contribution in [0.15, 0.2) is 66.7 Å². The van der Waals surface area contributed by atoms with Crippen molar-refractivity contribution in [3.63, 3.8) is 0 Å². The van der Waals surface area contributed by atoms with Crippen LogP contribution in [-0.2, 0) is 19.7 Å². The summed E-state index contributed by atoms with van der Waals surface area (Å²) in [6.45, 7) is 8.83. The largest absolute Gasteiger partial charge is 0.507 e. The summed E-state index contributed by atoms with van der Waals surface area (Å²) in [6.07, 6.45) is 0.171. The van der Waals surface area contributed by atoms with E-state index in [-0.39, 0.29) is 40.5 Å². The van der Waals surface area contributed by atoms with Gasteiger partial charge in [-0.25, -0.2) is 0 Å². The summed E-state index contributed by atoms with van der Waals surface area (Å²) in [5.41, 5.74) is 0.768. The van der Waals surface area contributed by atoms with Gasteiger partial charge in [-0.2, -0.15) is 0 Å². The van der Waals surface area contributed by atoms with Crippen LogP contribution in [0.3, 0.4) is 0 Å². The van der Waals surface area contributed by atoms with E-state index in [1.165, 1.54) is 6.07 Å². The maximum Gasteiger partial charge on any atom is 0.501 e. The monoisotopic (exact) mass is 536 g/mol. The molecule has 1 unspecified atom stereocenters. The van der Waals surface area contributed by atoms with E-state index in [1.807, 2.05) is 27.7 Å².